The van der Waals surface area contributed by atoms with Gasteiger partial charge in [0.2, 0.25) is 5.91 Å². The van der Waals surface area contributed by atoms with E-state index in [1.165, 1.54) is 0 Å². The molecule has 0 unspecified atom stereocenters. The number of benzene rings is 2. The minimum absolute atomic E-state index is 0.113. The van der Waals surface area contributed by atoms with Crippen LogP contribution < -0.4 is 15.5 Å². The molecule has 4 rings (SSSR count). The molecule has 0 saturated carbocycles. The van der Waals surface area contributed by atoms with Gasteiger partial charge >= 0.3 is 0 Å². The summed E-state index contributed by atoms with van der Waals surface area (Å²) in [5.41, 5.74) is 4.61. The lowest BCUT2D eigenvalue weighted by atomic mass is 9.85. The van der Waals surface area contributed by atoms with Gasteiger partial charge in [0, 0.05) is 47.8 Å². The Kier molecular flexibility index (Phi) is 8.30. The number of hydrogen-bond donors (Lipinski definition) is 3. The lowest BCUT2D eigenvalue weighted by Crippen LogP contribution is -2.58. The van der Waals surface area contributed by atoms with Gasteiger partial charge in [0.15, 0.2) is 0 Å². The highest BCUT2D eigenvalue weighted by atomic mass is 16.5. The van der Waals surface area contributed by atoms with Crippen molar-refractivity contribution in [3.63, 3.8) is 0 Å². The first-order chi connectivity index (χ1) is 18.2. The Hall–Kier alpha value is -3.93. The van der Waals surface area contributed by atoms with Crippen LogP contribution in [0.4, 0.5) is 0 Å². The van der Waals surface area contributed by atoms with Crippen LogP contribution in [0, 0.1) is 25.2 Å². The summed E-state index contributed by atoms with van der Waals surface area (Å²) in [6.07, 6.45) is 6.51. The van der Waals surface area contributed by atoms with E-state index >= 15 is 0 Å². The zero-order valence-electron chi connectivity index (χ0n) is 22.0. The third-order valence-corrected chi connectivity index (χ3v) is 7.23. The van der Waals surface area contributed by atoms with E-state index in [2.05, 4.69) is 21.1 Å². The number of ether oxygens (including phenoxy) is 1. The summed E-state index contributed by atoms with van der Waals surface area (Å²) >= 11 is 0. The third kappa shape index (κ3) is 6.31. The smallest absolute Gasteiger partial charge is 0.251 e. The van der Waals surface area contributed by atoms with E-state index in [1.54, 1.807) is 29.7 Å². The molecule has 1 fully saturated rings. The summed E-state index contributed by atoms with van der Waals surface area (Å²) in [7, 11) is 0. The van der Waals surface area contributed by atoms with Crippen molar-refractivity contribution in [1.82, 2.24) is 20.7 Å². The topological polar surface area (TPSA) is 104 Å². The Labute approximate surface area is 223 Å². The van der Waals surface area contributed by atoms with Gasteiger partial charge in [-0.25, -0.2) is 5.48 Å². The highest BCUT2D eigenvalue weighted by Crippen LogP contribution is 2.27. The molecule has 0 radical (unpaired) electrons. The summed E-state index contributed by atoms with van der Waals surface area (Å²) in [4.78, 5) is 31.7. The molecule has 3 aromatic rings. The number of nitrogens with zero attached hydrogens (tertiary/aromatic N) is 2. The Balaban J connectivity index is 1.43. The number of carbonyl (C=O) groups is 2. The van der Waals surface area contributed by atoms with Gasteiger partial charge in [-0.15, -0.1) is 6.42 Å². The zero-order chi connectivity index (χ0) is 27.3. The predicted molar refractivity (Wildman–Crippen MR) is 146 cm³/mol. The van der Waals surface area contributed by atoms with Gasteiger partial charge in [0.25, 0.3) is 5.91 Å². The summed E-state index contributed by atoms with van der Waals surface area (Å²) in [6, 6.07) is 16.7. The Bertz CT molecular complexity index is 1350. The van der Waals surface area contributed by atoms with Crippen molar-refractivity contribution in [3.8, 4) is 18.1 Å². The van der Waals surface area contributed by atoms with Crippen LogP contribution in [0.2, 0.25) is 0 Å². The highest BCUT2D eigenvalue weighted by molar-refractivity contribution is 5.94. The zero-order valence-corrected chi connectivity index (χ0v) is 22.0. The molecule has 1 aliphatic heterocycles. The van der Waals surface area contributed by atoms with Crippen molar-refractivity contribution < 1.29 is 19.5 Å². The molecule has 3 N–H and O–H groups in total. The monoisotopic (exact) mass is 514 g/mol. The largest absolute Gasteiger partial charge is 0.489 e. The molecule has 8 nitrogen and oxygen atoms in total. The molecule has 0 aliphatic carbocycles. The number of amides is 2. The average Bonchev–Trinajstić information content (AvgIpc) is 2.92. The number of hydrogen-bond acceptors (Lipinski definition) is 6. The Morgan fingerprint density at radius 1 is 1.21 bits per heavy atom. The SMILES string of the molecule is C#CC(C)(C)N1CC[C@@H](CC(=O)NO)[C@H](NC(=O)c2ccc(OCc3cc(C)nc4ccccc34)cc2)C1. The lowest BCUT2D eigenvalue weighted by Gasteiger charge is -2.44. The number of para-hydroxylation sites is 1. The van der Waals surface area contributed by atoms with Crippen molar-refractivity contribution in [3.05, 3.63) is 71.4 Å². The summed E-state index contributed by atoms with van der Waals surface area (Å²) < 4.78 is 6.02. The van der Waals surface area contributed by atoms with Gasteiger partial charge in [-0.2, -0.15) is 0 Å². The van der Waals surface area contributed by atoms with Gasteiger partial charge in [0.05, 0.1) is 11.1 Å². The molecular formula is C30H34N4O4. The van der Waals surface area contributed by atoms with Crippen molar-refractivity contribution in [2.75, 3.05) is 13.1 Å². The number of rotatable bonds is 8. The van der Waals surface area contributed by atoms with Crippen molar-refractivity contribution in [2.45, 2.75) is 51.8 Å². The molecule has 1 aliphatic rings. The van der Waals surface area contributed by atoms with Crippen LogP contribution in [0.3, 0.4) is 0 Å². The fourth-order valence-corrected chi connectivity index (χ4v) is 4.92. The second-order valence-electron chi connectivity index (χ2n) is 10.3. The van der Waals surface area contributed by atoms with Gasteiger partial charge in [-0.3, -0.25) is 24.7 Å². The first kappa shape index (κ1) is 27.1. The van der Waals surface area contributed by atoms with Crippen molar-refractivity contribution >= 4 is 22.7 Å². The molecule has 2 atom stereocenters. The Morgan fingerprint density at radius 3 is 2.66 bits per heavy atom. The molecule has 2 heterocycles. The van der Waals surface area contributed by atoms with E-state index in [0.29, 0.717) is 37.4 Å². The minimum Gasteiger partial charge on any atom is -0.489 e. The van der Waals surface area contributed by atoms with Crippen molar-refractivity contribution in [1.29, 1.82) is 0 Å². The number of hydroxylamine groups is 1. The van der Waals surface area contributed by atoms with E-state index in [-0.39, 0.29) is 24.3 Å². The molecule has 38 heavy (non-hydrogen) atoms. The third-order valence-electron chi connectivity index (χ3n) is 7.23. The maximum absolute atomic E-state index is 13.1. The van der Waals surface area contributed by atoms with Crippen LogP contribution in [-0.4, -0.2) is 51.6 Å². The first-order valence-electron chi connectivity index (χ1n) is 12.7. The number of carbonyl (C=O) groups excluding carboxylic acids is 2. The standard InChI is InChI=1S/C30H34N4O4/c1-5-30(3,4)34-15-14-22(17-28(35)33-37)27(18-34)32-29(36)21-10-12-24(13-11-21)38-19-23-16-20(2)31-26-9-7-6-8-25(23)26/h1,6-13,16,22,27,37H,14-15,17-19H2,2-4H3,(H,32,36)(H,33,35)/t22-,27+/m0/s1. The van der Waals surface area contributed by atoms with Gasteiger partial charge in [-0.05, 0) is 69.5 Å². The van der Waals surface area contributed by atoms with Crippen LogP contribution in [0.25, 0.3) is 10.9 Å². The maximum atomic E-state index is 13.1. The van der Waals surface area contributed by atoms with E-state index in [1.807, 2.05) is 51.1 Å². The fraction of sp³-hybridized carbons (Fsp3) is 0.367. The number of terminal acetylenes is 1. The van der Waals surface area contributed by atoms with Crippen LogP contribution in [0.15, 0.2) is 54.6 Å². The quantitative estimate of drug-likeness (QED) is 0.240. The molecule has 2 aromatic carbocycles. The molecule has 198 valence electrons. The van der Waals surface area contributed by atoms with E-state index in [4.69, 9.17) is 16.4 Å². The number of aromatic nitrogens is 1. The van der Waals surface area contributed by atoms with E-state index in [0.717, 1.165) is 22.2 Å². The molecular weight excluding hydrogens is 480 g/mol. The summed E-state index contributed by atoms with van der Waals surface area (Å²) in [6.45, 7) is 7.47. The molecule has 0 spiro atoms. The van der Waals surface area contributed by atoms with Crippen molar-refractivity contribution in [2.24, 2.45) is 5.92 Å². The normalized spacial score (nSPS) is 18.0. The molecule has 2 amide bonds. The van der Waals surface area contributed by atoms with Crippen LogP contribution in [0.1, 0.15) is 48.3 Å². The first-order valence-corrected chi connectivity index (χ1v) is 12.7. The number of pyridine rings is 1. The molecule has 8 heteroatoms. The van der Waals surface area contributed by atoms with Crippen LogP contribution in [-0.2, 0) is 11.4 Å². The van der Waals surface area contributed by atoms with E-state index < -0.39 is 11.4 Å². The second-order valence-corrected chi connectivity index (χ2v) is 10.3. The van der Waals surface area contributed by atoms with Crippen LogP contribution >= 0.6 is 0 Å². The summed E-state index contributed by atoms with van der Waals surface area (Å²) in [5, 5.41) is 13.1. The lowest BCUT2D eigenvalue weighted by molar-refractivity contribution is -0.130. The minimum atomic E-state index is -0.481. The second kappa shape index (κ2) is 11.6. The predicted octanol–water partition coefficient (Wildman–Crippen LogP) is 3.85. The molecule has 0 bridgehead atoms. The van der Waals surface area contributed by atoms with Gasteiger partial charge in [-0.1, -0.05) is 24.1 Å². The number of aryl methyl sites for hydroxylation is 1. The van der Waals surface area contributed by atoms with Gasteiger partial charge in [0.1, 0.15) is 12.4 Å². The van der Waals surface area contributed by atoms with E-state index in [9.17, 15) is 9.59 Å². The summed E-state index contributed by atoms with van der Waals surface area (Å²) in [5.74, 6) is 2.61. The maximum Gasteiger partial charge on any atom is 0.251 e. The number of likely N-dealkylation sites (tertiary alicyclic amines) is 1. The Morgan fingerprint density at radius 2 is 1.95 bits per heavy atom. The highest BCUT2D eigenvalue weighted by Gasteiger charge is 2.37. The van der Waals surface area contributed by atoms with Crippen LogP contribution in [0.5, 0.6) is 5.75 Å². The number of nitrogens with one attached hydrogen (secondary N) is 2. The molecule has 1 aromatic heterocycles. The van der Waals surface area contributed by atoms with Gasteiger partial charge < -0.3 is 10.1 Å². The number of piperidine rings is 1. The molecule has 1 saturated heterocycles. The average molecular weight is 515 g/mol. The fourth-order valence-electron chi connectivity index (χ4n) is 4.92. The number of fused-ring (bicyclic) bond motifs is 1.